The molecule has 9 heteroatoms. The van der Waals surface area contributed by atoms with Crippen LogP contribution in [-0.2, 0) is 4.74 Å². The van der Waals surface area contributed by atoms with Gasteiger partial charge in [0.2, 0.25) is 0 Å². The van der Waals surface area contributed by atoms with E-state index in [-0.39, 0.29) is 13.0 Å². The second-order valence-electron chi connectivity index (χ2n) is 6.84. The van der Waals surface area contributed by atoms with Crippen LogP contribution in [0.1, 0.15) is 78.1 Å². The van der Waals surface area contributed by atoms with E-state index in [0.29, 0.717) is 25.7 Å². The van der Waals surface area contributed by atoms with E-state index in [1.807, 2.05) is 13.8 Å². The first kappa shape index (κ1) is 26.4. The Morgan fingerprint density at radius 2 is 1.00 bits per heavy atom. The van der Waals surface area contributed by atoms with Gasteiger partial charge in [-0.15, -0.1) is 0 Å². The molecule has 0 atom stereocenters. The third-order valence-electron chi connectivity index (χ3n) is 4.33. The van der Waals surface area contributed by atoms with Gasteiger partial charge >= 0.3 is 23.7 Å². The predicted octanol–water partition coefficient (Wildman–Crippen LogP) is 7.49. The molecule has 0 aromatic heterocycles. The molecule has 0 aliphatic carbocycles. The van der Waals surface area contributed by atoms with E-state index < -0.39 is 43.1 Å². The fraction of sp³-hybridized carbons (Fsp3) is 1.00. The van der Waals surface area contributed by atoms with Gasteiger partial charge in [-0.25, -0.2) is 0 Å². The summed E-state index contributed by atoms with van der Waals surface area (Å²) in [6.45, 7) is 1.37. The van der Waals surface area contributed by atoms with E-state index in [1.54, 1.807) is 0 Å². The SMILES string of the molecule is CCCCCCCC(F)(F)C(F)(F)C(F)(F)C(F)(F)COCCCCCC. The second-order valence-corrected chi connectivity index (χ2v) is 6.84. The van der Waals surface area contributed by atoms with Crippen LogP contribution in [0.5, 0.6) is 0 Å². The Morgan fingerprint density at radius 1 is 0.556 bits per heavy atom. The van der Waals surface area contributed by atoms with Crippen LogP contribution < -0.4 is 0 Å². The van der Waals surface area contributed by atoms with E-state index in [9.17, 15) is 35.1 Å². The minimum Gasteiger partial charge on any atom is -0.375 e. The van der Waals surface area contributed by atoms with Crippen LogP contribution in [0.15, 0.2) is 0 Å². The Kier molecular flexibility index (Phi) is 11.2. The van der Waals surface area contributed by atoms with Crippen molar-refractivity contribution < 1.29 is 39.9 Å². The summed E-state index contributed by atoms with van der Waals surface area (Å²) in [6.07, 6.45) is 2.57. The topological polar surface area (TPSA) is 9.23 Å². The second kappa shape index (κ2) is 11.4. The van der Waals surface area contributed by atoms with Gasteiger partial charge in [-0.3, -0.25) is 0 Å². The summed E-state index contributed by atoms with van der Waals surface area (Å²) in [6, 6.07) is 0. The van der Waals surface area contributed by atoms with Crippen molar-refractivity contribution in [2.45, 2.75) is 102 Å². The Hall–Kier alpha value is -0.600. The Balaban J connectivity index is 4.82. The molecular formula is C18H30F8O. The summed E-state index contributed by atoms with van der Waals surface area (Å²) >= 11 is 0. The van der Waals surface area contributed by atoms with Crippen LogP contribution in [0.4, 0.5) is 35.1 Å². The first-order valence-corrected chi connectivity index (χ1v) is 9.46. The smallest absolute Gasteiger partial charge is 0.375 e. The highest BCUT2D eigenvalue weighted by Gasteiger charge is 2.79. The summed E-state index contributed by atoms with van der Waals surface area (Å²) in [5.41, 5.74) is 0. The fourth-order valence-corrected chi connectivity index (χ4v) is 2.49. The lowest BCUT2D eigenvalue weighted by Crippen LogP contribution is -2.63. The largest absolute Gasteiger partial charge is 0.380 e. The van der Waals surface area contributed by atoms with Gasteiger partial charge in [-0.1, -0.05) is 58.8 Å². The zero-order chi connectivity index (χ0) is 21.2. The van der Waals surface area contributed by atoms with Gasteiger partial charge in [-0.2, -0.15) is 35.1 Å². The molecule has 27 heavy (non-hydrogen) atoms. The normalized spacial score (nSPS) is 14.0. The van der Waals surface area contributed by atoms with Crippen molar-refractivity contribution >= 4 is 0 Å². The molecule has 1 nitrogen and oxygen atoms in total. The molecule has 0 radical (unpaired) electrons. The highest BCUT2D eigenvalue weighted by Crippen LogP contribution is 2.54. The number of rotatable bonds is 16. The zero-order valence-corrected chi connectivity index (χ0v) is 15.9. The lowest BCUT2D eigenvalue weighted by molar-refractivity contribution is -0.372. The quantitative estimate of drug-likeness (QED) is 0.188. The van der Waals surface area contributed by atoms with Gasteiger partial charge in [0, 0.05) is 13.0 Å². The number of unbranched alkanes of at least 4 members (excludes halogenated alkanes) is 7. The fourth-order valence-electron chi connectivity index (χ4n) is 2.49. The molecule has 0 saturated heterocycles. The van der Waals surface area contributed by atoms with E-state index in [1.165, 1.54) is 0 Å². The number of ether oxygens (including phenoxy) is 1. The molecule has 0 aliphatic rings. The van der Waals surface area contributed by atoms with Crippen LogP contribution >= 0.6 is 0 Å². The zero-order valence-electron chi connectivity index (χ0n) is 15.9. The summed E-state index contributed by atoms with van der Waals surface area (Å²) in [5, 5.41) is 0. The van der Waals surface area contributed by atoms with Crippen molar-refractivity contribution in [3.63, 3.8) is 0 Å². The van der Waals surface area contributed by atoms with Crippen molar-refractivity contribution in [3.05, 3.63) is 0 Å². The van der Waals surface area contributed by atoms with Gasteiger partial charge < -0.3 is 4.74 Å². The van der Waals surface area contributed by atoms with E-state index in [0.717, 1.165) is 19.3 Å². The summed E-state index contributed by atoms with van der Waals surface area (Å²) in [4.78, 5) is 0. The van der Waals surface area contributed by atoms with Crippen LogP contribution in [0, 0.1) is 0 Å². The summed E-state index contributed by atoms with van der Waals surface area (Å²) in [5.74, 6) is -23.1. The number of halogens is 8. The van der Waals surface area contributed by atoms with Crippen LogP contribution in [0.25, 0.3) is 0 Å². The van der Waals surface area contributed by atoms with E-state index >= 15 is 0 Å². The van der Waals surface area contributed by atoms with Gasteiger partial charge in [0.1, 0.15) is 6.61 Å². The van der Waals surface area contributed by atoms with Crippen LogP contribution in [0.2, 0.25) is 0 Å². The lowest BCUT2D eigenvalue weighted by Gasteiger charge is -2.36. The van der Waals surface area contributed by atoms with Crippen molar-refractivity contribution in [3.8, 4) is 0 Å². The van der Waals surface area contributed by atoms with Crippen LogP contribution in [0.3, 0.4) is 0 Å². The standard InChI is InChI=1S/C18H30F8O/c1-3-5-7-9-10-12-15(19,20)17(23,24)18(25,26)16(21,22)14-27-13-11-8-6-4-2/h3-14H2,1-2H3. The first-order chi connectivity index (χ1) is 12.4. The highest BCUT2D eigenvalue weighted by molar-refractivity contribution is 5.03. The molecular weight excluding hydrogens is 384 g/mol. The average molecular weight is 414 g/mol. The Bertz CT molecular complexity index is 399. The molecule has 0 heterocycles. The molecule has 0 rings (SSSR count). The van der Waals surface area contributed by atoms with E-state index in [4.69, 9.17) is 0 Å². The highest BCUT2D eigenvalue weighted by atomic mass is 19.4. The van der Waals surface area contributed by atoms with Gasteiger partial charge in [0.25, 0.3) is 0 Å². The maximum atomic E-state index is 13.7. The Morgan fingerprint density at radius 3 is 1.52 bits per heavy atom. The predicted molar refractivity (Wildman–Crippen MR) is 88.1 cm³/mol. The summed E-state index contributed by atoms with van der Waals surface area (Å²) in [7, 11) is 0. The van der Waals surface area contributed by atoms with Crippen LogP contribution in [-0.4, -0.2) is 36.9 Å². The minimum absolute atomic E-state index is 0.141. The molecule has 164 valence electrons. The molecule has 0 aliphatic heterocycles. The molecule has 0 spiro atoms. The van der Waals surface area contributed by atoms with Crippen molar-refractivity contribution in [1.82, 2.24) is 0 Å². The molecule has 0 bridgehead atoms. The molecule has 0 N–H and O–H groups in total. The molecule has 0 aromatic carbocycles. The molecule has 0 saturated carbocycles. The lowest BCUT2D eigenvalue weighted by atomic mass is 9.95. The monoisotopic (exact) mass is 414 g/mol. The molecule has 0 amide bonds. The van der Waals surface area contributed by atoms with Crippen molar-refractivity contribution in [2.75, 3.05) is 13.2 Å². The Labute approximate surface area is 155 Å². The molecule has 0 unspecified atom stereocenters. The van der Waals surface area contributed by atoms with Crippen molar-refractivity contribution in [2.24, 2.45) is 0 Å². The first-order valence-electron chi connectivity index (χ1n) is 9.46. The maximum Gasteiger partial charge on any atom is 0.380 e. The third kappa shape index (κ3) is 7.38. The maximum absolute atomic E-state index is 13.7. The third-order valence-corrected chi connectivity index (χ3v) is 4.33. The molecule has 0 aromatic rings. The average Bonchev–Trinajstić information content (AvgIpc) is 2.57. The number of hydrogen-bond donors (Lipinski definition) is 0. The number of hydrogen-bond acceptors (Lipinski definition) is 1. The van der Waals surface area contributed by atoms with Crippen molar-refractivity contribution in [1.29, 1.82) is 0 Å². The van der Waals surface area contributed by atoms with Gasteiger partial charge in [0.05, 0.1) is 0 Å². The minimum atomic E-state index is -6.23. The van der Waals surface area contributed by atoms with E-state index in [2.05, 4.69) is 4.74 Å². The van der Waals surface area contributed by atoms with Gasteiger partial charge in [0.15, 0.2) is 0 Å². The number of alkyl halides is 8. The summed E-state index contributed by atoms with van der Waals surface area (Å²) < 4.78 is 114. The van der Waals surface area contributed by atoms with Gasteiger partial charge in [-0.05, 0) is 12.8 Å². The molecule has 0 fully saturated rings.